The van der Waals surface area contributed by atoms with Gasteiger partial charge in [0.2, 0.25) is 0 Å². The molecule has 0 saturated heterocycles. The lowest BCUT2D eigenvalue weighted by Crippen LogP contribution is -2.09. The molecule has 0 atom stereocenters. The van der Waals surface area contributed by atoms with Crippen LogP contribution >= 0.6 is 11.6 Å². The summed E-state index contributed by atoms with van der Waals surface area (Å²) in [6, 6.07) is 5.76. The minimum Gasteiger partial charge on any atom is -0.306 e. The maximum absolute atomic E-state index is 11.5. The van der Waals surface area contributed by atoms with Gasteiger partial charge in [0.05, 0.1) is 5.69 Å². The van der Waals surface area contributed by atoms with Gasteiger partial charge in [-0.05, 0) is 44.0 Å². The Labute approximate surface area is 111 Å². The van der Waals surface area contributed by atoms with Crippen LogP contribution in [0.25, 0.3) is 17.1 Å². The van der Waals surface area contributed by atoms with E-state index in [2.05, 4.69) is 9.97 Å². The van der Waals surface area contributed by atoms with Crippen molar-refractivity contribution in [3.63, 3.8) is 0 Å². The first kappa shape index (κ1) is 12.8. The Hall–Kier alpha value is -1.61. The van der Waals surface area contributed by atoms with Gasteiger partial charge in [-0.1, -0.05) is 6.08 Å². The van der Waals surface area contributed by atoms with Gasteiger partial charge >= 0.3 is 0 Å². The first-order valence-electron chi connectivity index (χ1n) is 5.94. The summed E-state index contributed by atoms with van der Waals surface area (Å²) in [6.45, 7) is 1.79. The van der Waals surface area contributed by atoms with E-state index in [0.717, 1.165) is 23.9 Å². The molecule has 0 aliphatic heterocycles. The van der Waals surface area contributed by atoms with Crippen LogP contribution < -0.4 is 5.56 Å². The number of pyridine rings is 2. The fourth-order valence-corrected chi connectivity index (χ4v) is 1.85. The molecule has 0 fully saturated rings. The predicted molar refractivity (Wildman–Crippen MR) is 76.1 cm³/mol. The second-order valence-electron chi connectivity index (χ2n) is 4.19. The molecule has 0 spiro atoms. The molecule has 2 aromatic rings. The molecule has 0 bridgehead atoms. The number of rotatable bonds is 4. The third-order valence-corrected chi connectivity index (χ3v) is 2.97. The van der Waals surface area contributed by atoms with Crippen molar-refractivity contribution >= 4 is 28.7 Å². The minimum atomic E-state index is -0.0849. The molecule has 4 heteroatoms. The molecule has 0 saturated carbocycles. The van der Waals surface area contributed by atoms with E-state index in [4.69, 9.17) is 11.6 Å². The van der Waals surface area contributed by atoms with Crippen molar-refractivity contribution in [2.75, 3.05) is 5.88 Å². The maximum atomic E-state index is 11.5. The normalized spacial score (nSPS) is 11.4. The van der Waals surface area contributed by atoms with Gasteiger partial charge in [0.1, 0.15) is 5.65 Å². The van der Waals surface area contributed by atoms with Gasteiger partial charge in [-0.3, -0.25) is 4.79 Å². The molecule has 1 N–H and O–H groups in total. The molecule has 2 aromatic heterocycles. The molecule has 2 heterocycles. The number of hydrogen-bond acceptors (Lipinski definition) is 2. The topological polar surface area (TPSA) is 45.8 Å². The van der Waals surface area contributed by atoms with Gasteiger partial charge in [0, 0.05) is 16.8 Å². The van der Waals surface area contributed by atoms with Crippen LogP contribution in [0.5, 0.6) is 0 Å². The smallest absolute Gasteiger partial charge is 0.252 e. The molecule has 2 rings (SSSR count). The summed E-state index contributed by atoms with van der Waals surface area (Å²) in [5, 5.41) is 0.949. The summed E-state index contributed by atoms with van der Waals surface area (Å²) in [6.07, 6.45) is 5.89. The van der Waals surface area contributed by atoms with Gasteiger partial charge in [-0.25, -0.2) is 4.98 Å². The first-order valence-corrected chi connectivity index (χ1v) is 6.47. The lowest BCUT2D eigenvalue weighted by molar-refractivity contribution is 0.969. The van der Waals surface area contributed by atoms with Crippen molar-refractivity contribution in [1.82, 2.24) is 9.97 Å². The van der Waals surface area contributed by atoms with Crippen LogP contribution in [0.15, 0.2) is 29.1 Å². The van der Waals surface area contributed by atoms with Crippen molar-refractivity contribution in [2.24, 2.45) is 0 Å². The summed E-state index contributed by atoms with van der Waals surface area (Å²) in [5.41, 5.74) is 2.09. The Balaban J connectivity index is 2.30. The van der Waals surface area contributed by atoms with Crippen molar-refractivity contribution in [3.05, 3.63) is 45.9 Å². The lowest BCUT2D eigenvalue weighted by Gasteiger charge is -2.00. The van der Waals surface area contributed by atoms with E-state index in [-0.39, 0.29) is 5.56 Å². The zero-order chi connectivity index (χ0) is 13.0. The summed E-state index contributed by atoms with van der Waals surface area (Å²) in [5.74, 6) is 0.669. The summed E-state index contributed by atoms with van der Waals surface area (Å²) in [4.78, 5) is 18.7. The highest BCUT2D eigenvalue weighted by atomic mass is 35.5. The standard InChI is InChI=1S/C14H15ClN2O/c1-10-9-11-6-7-12(5-3-2-4-8-15)16-13(11)17-14(10)18/h3,5-7,9H,2,4,8H2,1H3,(H,16,17,18). The van der Waals surface area contributed by atoms with Crippen LogP contribution in [-0.4, -0.2) is 15.8 Å². The van der Waals surface area contributed by atoms with Crippen LogP contribution in [0.3, 0.4) is 0 Å². The van der Waals surface area contributed by atoms with E-state index in [1.807, 2.05) is 30.4 Å². The van der Waals surface area contributed by atoms with Crippen LogP contribution in [0.4, 0.5) is 0 Å². The number of aryl methyl sites for hydroxylation is 1. The Kier molecular flexibility index (Phi) is 4.15. The highest BCUT2D eigenvalue weighted by Gasteiger charge is 2.00. The molecule has 0 aliphatic carbocycles. The lowest BCUT2D eigenvalue weighted by atomic mass is 10.2. The van der Waals surface area contributed by atoms with Gasteiger partial charge in [0.25, 0.3) is 5.56 Å². The number of alkyl halides is 1. The SMILES string of the molecule is Cc1cc2ccc(C=CCCCCl)nc2[nH]c1=O. The minimum absolute atomic E-state index is 0.0849. The van der Waals surface area contributed by atoms with Crippen LogP contribution in [0.1, 0.15) is 24.1 Å². The number of fused-ring (bicyclic) bond motifs is 1. The first-order chi connectivity index (χ1) is 8.70. The molecule has 0 aromatic carbocycles. The molecule has 0 unspecified atom stereocenters. The largest absolute Gasteiger partial charge is 0.306 e. The van der Waals surface area contributed by atoms with E-state index in [9.17, 15) is 4.79 Å². The second kappa shape index (κ2) is 5.83. The van der Waals surface area contributed by atoms with E-state index >= 15 is 0 Å². The number of aromatic amines is 1. The van der Waals surface area contributed by atoms with E-state index in [1.54, 1.807) is 6.92 Å². The molecule has 3 nitrogen and oxygen atoms in total. The third kappa shape index (κ3) is 2.99. The summed E-state index contributed by atoms with van der Waals surface area (Å²) in [7, 11) is 0. The van der Waals surface area contributed by atoms with E-state index < -0.39 is 0 Å². The molecule has 18 heavy (non-hydrogen) atoms. The summed E-state index contributed by atoms with van der Waals surface area (Å²) < 4.78 is 0. The fraction of sp³-hybridized carbons (Fsp3) is 0.286. The molecular weight excluding hydrogens is 248 g/mol. The highest BCUT2D eigenvalue weighted by molar-refractivity contribution is 6.17. The molecular formula is C14H15ClN2O. The molecule has 94 valence electrons. The number of hydrogen-bond donors (Lipinski definition) is 1. The number of halogens is 1. The number of H-pyrrole nitrogens is 1. The van der Waals surface area contributed by atoms with Crippen molar-refractivity contribution in [1.29, 1.82) is 0 Å². The Morgan fingerprint density at radius 3 is 3.06 bits per heavy atom. The second-order valence-corrected chi connectivity index (χ2v) is 4.57. The monoisotopic (exact) mass is 262 g/mol. The summed E-state index contributed by atoms with van der Waals surface area (Å²) >= 11 is 5.60. The van der Waals surface area contributed by atoms with Crippen LogP contribution in [-0.2, 0) is 0 Å². The number of aromatic nitrogens is 2. The van der Waals surface area contributed by atoms with Crippen LogP contribution in [0.2, 0.25) is 0 Å². The van der Waals surface area contributed by atoms with Gasteiger partial charge in [-0.2, -0.15) is 0 Å². The fourth-order valence-electron chi connectivity index (χ4n) is 1.70. The Morgan fingerprint density at radius 2 is 2.28 bits per heavy atom. The average molecular weight is 263 g/mol. The quantitative estimate of drug-likeness (QED) is 0.679. The van der Waals surface area contributed by atoms with Gasteiger partial charge < -0.3 is 4.98 Å². The number of allylic oxidation sites excluding steroid dienone is 1. The van der Waals surface area contributed by atoms with Gasteiger partial charge in [0.15, 0.2) is 0 Å². The third-order valence-electron chi connectivity index (χ3n) is 2.70. The predicted octanol–water partition coefficient (Wildman–Crippen LogP) is 3.26. The van der Waals surface area contributed by atoms with Crippen molar-refractivity contribution in [2.45, 2.75) is 19.8 Å². The molecule has 0 aliphatic rings. The zero-order valence-electron chi connectivity index (χ0n) is 10.2. The average Bonchev–Trinajstić information content (AvgIpc) is 2.36. The zero-order valence-corrected chi connectivity index (χ0v) is 11.0. The number of unbranched alkanes of at least 4 members (excludes halogenated alkanes) is 1. The molecule has 0 radical (unpaired) electrons. The Morgan fingerprint density at radius 1 is 1.44 bits per heavy atom. The Bertz CT molecular complexity index is 631. The van der Waals surface area contributed by atoms with Crippen LogP contribution in [0, 0.1) is 6.92 Å². The highest BCUT2D eigenvalue weighted by Crippen LogP contribution is 2.11. The maximum Gasteiger partial charge on any atom is 0.252 e. The van der Waals surface area contributed by atoms with Crippen molar-refractivity contribution < 1.29 is 0 Å². The molecule has 0 amide bonds. The van der Waals surface area contributed by atoms with E-state index in [0.29, 0.717) is 17.1 Å². The number of nitrogens with one attached hydrogen (secondary N) is 1. The van der Waals surface area contributed by atoms with Crippen molar-refractivity contribution in [3.8, 4) is 0 Å². The van der Waals surface area contributed by atoms with Gasteiger partial charge in [-0.15, -0.1) is 11.6 Å². The van der Waals surface area contributed by atoms with E-state index in [1.165, 1.54) is 0 Å². The number of nitrogens with zero attached hydrogens (tertiary/aromatic N) is 1.